The van der Waals surface area contributed by atoms with Crippen LogP contribution < -0.4 is 10.5 Å². The number of rotatable bonds is 5. The van der Waals surface area contributed by atoms with Crippen molar-refractivity contribution in [1.29, 1.82) is 0 Å². The molecule has 1 aliphatic heterocycles. The van der Waals surface area contributed by atoms with Gasteiger partial charge in [0.15, 0.2) is 6.61 Å². The number of aliphatic hydroxyl groups excluding tert-OH is 1. The number of piperidine rings is 1. The molecular formula is C15H22N2O3. The highest BCUT2D eigenvalue weighted by molar-refractivity contribution is 5.77. The summed E-state index contributed by atoms with van der Waals surface area (Å²) in [5.41, 5.74) is 6.56. The van der Waals surface area contributed by atoms with Crippen molar-refractivity contribution in [3.8, 4) is 5.75 Å². The molecule has 0 aliphatic carbocycles. The van der Waals surface area contributed by atoms with Gasteiger partial charge in [0, 0.05) is 26.2 Å². The van der Waals surface area contributed by atoms with Crippen LogP contribution in [0.15, 0.2) is 24.3 Å². The molecule has 0 unspecified atom stereocenters. The molecule has 1 aromatic rings. The van der Waals surface area contributed by atoms with Gasteiger partial charge < -0.3 is 20.5 Å². The van der Waals surface area contributed by atoms with E-state index in [4.69, 9.17) is 15.6 Å². The van der Waals surface area contributed by atoms with Crippen LogP contribution in [0.2, 0.25) is 0 Å². The maximum Gasteiger partial charge on any atom is 0.260 e. The van der Waals surface area contributed by atoms with Gasteiger partial charge in [0.2, 0.25) is 0 Å². The zero-order valence-electron chi connectivity index (χ0n) is 11.6. The molecule has 5 heteroatoms. The zero-order chi connectivity index (χ0) is 14.4. The molecule has 5 nitrogen and oxygen atoms in total. The third-order valence-corrected chi connectivity index (χ3v) is 3.75. The molecule has 0 bridgehead atoms. The molecular weight excluding hydrogens is 256 g/mol. The molecule has 20 heavy (non-hydrogen) atoms. The van der Waals surface area contributed by atoms with Crippen molar-refractivity contribution in [3.63, 3.8) is 0 Å². The Balaban J connectivity index is 1.77. The van der Waals surface area contributed by atoms with Crippen LogP contribution in [0.4, 0.5) is 0 Å². The van der Waals surface area contributed by atoms with Crippen LogP contribution in [0.25, 0.3) is 0 Å². The van der Waals surface area contributed by atoms with E-state index in [1.54, 1.807) is 4.90 Å². The molecule has 1 aromatic carbocycles. The van der Waals surface area contributed by atoms with Crippen molar-refractivity contribution in [3.05, 3.63) is 29.8 Å². The molecule has 2 rings (SSSR count). The first-order valence-electron chi connectivity index (χ1n) is 7.03. The molecule has 0 aromatic heterocycles. The van der Waals surface area contributed by atoms with Crippen molar-refractivity contribution in [2.45, 2.75) is 19.4 Å². The highest BCUT2D eigenvalue weighted by Gasteiger charge is 2.22. The summed E-state index contributed by atoms with van der Waals surface area (Å²) in [5, 5.41) is 9.07. The van der Waals surface area contributed by atoms with E-state index >= 15 is 0 Å². The molecule has 1 aliphatic rings. The molecule has 1 heterocycles. The second-order valence-corrected chi connectivity index (χ2v) is 5.14. The van der Waals surface area contributed by atoms with Gasteiger partial charge in [-0.15, -0.1) is 0 Å². The number of likely N-dealkylation sites (tertiary alicyclic amines) is 1. The smallest absolute Gasteiger partial charge is 0.260 e. The third kappa shape index (κ3) is 3.95. The van der Waals surface area contributed by atoms with Crippen LogP contribution in [-0.2, 0) is 11.3 Å². The lowest BCUT2D eigenvalue weighted by Gasteiger charge is -2.31. The quantitative estimate of drug-likeness (QED) is 0.833. The summed E-state index contributed by atoms with van der Waals surface area (Å²) in [6.07, 6.45) is 1.74. The van der Waals surface area contributed by atoms with Gasteiger partial charge in [-0.1, -0.05) is 12.1 Å². The number of aliphatic hydroxyl groups is 1. The first-order valence-corrected chi connectivity index (χ1v) is 7.03. The number of amides is 1. The topological polar surface area (TPSA) is 75.8 Å². The lowest BCUT2D eigenvalue weighted by atomic mass is 9.98. The molecule has 110 valence electrons. The largest absolute Gasteiger partial charge is 0.484 e. The number of hydrogen-bond acceptors (Lipinski definition) is 4. The maximum absolute atomic E-state index is 12.0. The summed E-state index contributed by atoms with van der Waals surface area (Å²) in [7, 11) is 0. The van der Waals surface area contributed by atoms with Gasteiger partial charge in [-0.25, -0.2) is 0 Å². The van der Waals surface area contributed by atoms with Crippen LogP contribution in [0, 0.1) is 5.92 Å². The molecule has 0 radical (unpaired) electrons. The van der Waals surface area contributed by atoms with Crippen LogP contribution in [-0.4, -0.2) is 42.2 Å². The fraction of sp³-hybridized carbons (Fsp3) is 0.533. The van der Waals surface area contributed by atoms with E-state index in [1.165, 1.54) is 0 Å². The van der Waals surface area contributed by atoms with Gasteiger partial charge in [0.05, 0.1) is 0 Å². The standard InChI is InChI=1S/C15H22N2O3/c16-9-12-1-3-14(4-2-12)20-11-15(19)17-7-5-13(10-18)6-8-17/h1-4,13,18H,5-11,16H2. The summed E-state index contributed by atoms with van der Waals surface area (Å²) in [6.45, 7) is 2.19. The van der Waals surface area contributed by atoms with Gasteiger partial charge in [-0.05, 0) is 36.5 Å². The van der Waals surface area contributed by atoms with Gasteiger partial charge in [-0.3, -0.25) is 4.79 Å². The summed E-state index contributed by atoms with van der Waals surface area (Å²) in [5.74, 6) is 1.02. The Kier molecular flexibility index (Phi) is 5.38. The third-order valence-electron chi connectivity index (χ3n) is 3.75. The Bertz CT molecular complexity index is 425. The van der Waals surface area contributed by atoms with Crippen LogP contribution in [0.3, 0.4) is 0 Å². The first kappa shape index (κ1) is 14.8. The van der Waals surface area contributed by atoms with Gasteiger partial charge in [0.25, 0.3) is 5.91 Å². The fourth-order valence-corrected chi connectivity index (χ4v) is 2.32. The van der Waals surface area contributed by atoms with Crippen LogP contribution in [0.5, 0.6) is 5.75 Å². The molecule has 3 N–H and O–H groups in total. The Labute approximate surface area is 119 Å². The Morgan fingerprint density at radius 1 is 1.30 bits per heavy atom. The summed E-state index contributed by atoms with van der Waals surface area (Å²) in [4.78, 5) is 13.8. The minimum atomic E-state index is 0.00397. The molecule has 1 saturated heterocycles. The number of carbonyl (C=O) groups is 1. The van der Waals surface area contributed by atoms with E-state index in [0.29, 0.717) is 31.3 Å². The van der Waals surface area contributed by atoms with Crippen molar-refractivity contribution in [2.24, 2.45) is 11.7 Å². The molecule has 1 fully saturated rings. The molecule has 0 saturated carbocycles. The Morgan fingerprint density at radius 3 is 2.50 bits per heavy atom. The zero-order valence-corrected chi connectivity index (χ0v) is 11.6. The van der Waals surface area contributed by atoms with Crippen molar-refractivity contribution in [1.82, 2.24) is 4.90 Å². The monoisotopic (exact) mass is 278 g/mol. The number of carbonyl (C=O) groups excluding carboxylic acids is 1. The Hall–Kier alpha value is -1.59. The highest BCUT2D eigenvalue weighted by Crippen LogP contribution is 2.17. The summed E-state index contributed by atoms with van der Waals surface area (Å²) in [6, 6.07) is 7.44. The second kappa shape index (κ2) is 7.26. The summed E-state index contributed by atoms with van der Waals surface area (Å²) < 4.78 is 5.49. The van der Waals surface area contributed by atoms with E-state index in [9.17, 15) is 4.79 Å². The lowest BCUT2D eigenvalue weighted by Crippen LogP contribution is -2.41. The summed E-state index contributed by atoms with van der Waals surface area (Å²) >= 11 is 0. The van der Waals surface area contributed by atoms with Gasteiger partial charge >= 0.3 is 0 Å². The number of nitrogens with zero attached hydrogens (tertiary/aromatic N) is 1. The molecule has 0 spiro atoms. The van der Waals surface area contributed by atoms with Crippen LogP contribution >= 0.6 is 0 Å². The van der Waals surface area contributed by atoms with Gasteiger partial charge in [-0.2, -0.15) is 0 Å². The number of nitrogens with two attached hydrogens (primary N) is 1. The van der Waals surface area contributed by atoms with Crippen molar-refractivity contribution < 1.29 is 14.6 Å². The van der Waals surface area contributed by atoms with Crippen molar-refractivity contribution in [2.75, 3.05) is 26.3 Å². The highest BCUT2D eigenvalue weighted by atomic mass is 16.5. The normalized spacial score (nSPS) is 16.2. The van der Waals surface area contributed by atoms with E-state index in [-0.39, 0.29) is 19.1 Å². The predicted molar refractivity (Wildman–Crippen MR) is 76.2 cm³/mol. The van der Waals surface area contributed by atoms with Crippen molar-refractivity contribution >= 4 is 5.91 Å². The maximum atomic E-state index is 12.0. The average Bonchev–Trinajstić information content (AvgIpc) is 2.53. The second-order valence-electron chi connectivity index (χ2n) is 5.14. The number of hydrogen-bond donors (Lipinski definition) is 2. The fourth-order valence-electron chi connectivity index (χ4n) is 2.32. The average molecular weight is 278 g/mol. The van der Waals surface area contributed by atoms with Gasteiger partial charge in [0.1, 0.15) is 5.75 Å². The molecule has 0 atom stereocenters. The minimum Gasteiger partial charge on any atom is -0.484 e. The van der Waals surface area contributed by atoms with E-state index < -0.39 is 0 Å². The minimum absolute atomic E-state index is 0.00397. The first-order chi connectivity index (χ1) is 9.72. The SMILES string of the molecule is NCc1ccc(OCC(=O)N2CCC(CO)CC2)cc1. The number of ether oxygens (including phenoxy) is 1. The Morgan fingerprint density at radius 2 is 1.95 bits per heavy atom. The molecule has 1 amide bonds. The van der Waals surface area contributed by atoms with E-state index in [0.717, 1.165) is 18.4 Å². The van der Waals surface area contributed by atoms with E-state index in [1.807, 2.05) is 24.3 Å². The van der Waals surface area contributed by atoms with Crippen LogP contribution in [0.1, 0.15) is 18.4 Å². The van der Waals surface area contributed by atoms with E-state index in [2.05, 4.69) is 0 Å². The number of benzene rings is 1. The predicted octanol–water partition coefficient (Wildman–Crippen LogP) is 0.755. The lowest BCUT2D eigenvalue weighted by molar-refractivity contribution is -0.134.